The molecule has 0 aliphatic carbocycles. The molecule has 0 saturated carbocycles. The molecule has 1 saturated heterocycles. The Balaban J connectivity index is 1.43. The summed E-state index contributed by atoms with van der Waals surface area (Å²) in [6, 6.07) is 24.2. The minimum atomic E-state index is 0.376. The predicted molar refractivity (Wildman–Crippen MR) is 107 cm³/mol. The van der Waals surface area contributed by atoms with Crippen molar-refractivity contribution in [1.82, 2.24) is 15.3 Å². The van der Waals surface area contributed by atoms with Gasteiger partial charge in [-0.2, -0.15) is 0 Å². The summed E-state index contributed by atoms with van der Waals surface area (Å²) in [5.74, 6) is 1.05. The molecule has 5 rings (SSSR count). The van der Waals surface area contributed by atoms with E-state index < -0.39 is 0 Å². The molecule has 0 spiro atoms. The van der Waals surface area contributed by atoms with Crippen LogP contribution in [-0.2, 0) is 0 Å². The summed E-state index contributed by atoms with van der Waals surface area (Å²) >= 11 is 0. The van der Waals surface area contributed by atoms with Gasteiger partial charge in [-0.3, -0.25) is 0 Å². The highest BCUT2D eigenvalue weighted by Gasteiger charge is 2.19. The lowest BCUT2D eigenvalue weighted by molar-refractivity contribution is 0.613. The molecule has 26 heavy (non-hydrogen) atoms. The van der Waals surface area contributed by atoms with E-state index in [1.807, 2.05) is 6.20 Å². The molecular weight excluding hydrogens is 318 g/mol. The molecule has 1 aromatic heterocycles. The highest BCUT2D eigenvalue weighted by atomic mass is 15.0. The summed E-state index contributed by atoms with van der Waals surface area (Å²) < 4.78 is 0. The number of imidazole rings is 1. The van der Waals surface area contributed by atoms with Crippen LogP contribution >= 0.6 is 0 Å². The zero-order chi connectivity index (χ0) is 17.3. The predicted octanol–water partition coefficient (Wildman–Crippen LogP) is 5.32. The van der Waals surface area contributed by atoms with Gasteiger partial charge in [-0.1, -0.05) is 60.7 Å². The molecule has 1 unspecified atom stereocenters. The first-order valence-electron chi connectivity index (χ1n) is 9.25. The van der Waals surface area contributed by atoms with Gasteiger partial charge in [0.15, 0.2) is 0 Å². The monoisotopic (exact) mass is 339 g/mol. The molecule has 2 N–H and O–H groups in total. The maximum Gasteiger partial charge on any atom is 0.123 e. The van der Waals surface area contributed by atoms with Crippen molar-refractivity contribution in [2.24, 2.45) is 0 Å². The van der Waals surface area contributed by atoms with E-state index in [0.29, 0.717) is 6.04 Å². The van der Waals surface area contributed by atoms with Crippen LogP contribution in [0.2, 0.25) is 0 Å². The van der Waals surface area contributed by atoms with E-state index in [4.69, 9.17) is 0 Å². The number of rotatable bonds is 3. The second-order valence-electron chi connectivity index (χ2n) is 6.97. The second kappa shape index (κ2) is 6.43. The van der Waals surface area contributed by atoms with Crippen LogP contribution < -0.4 is 5.32 Å². The fourth-order valence-corrected chi connectivity index (χ4v) is 3.79. The molecule has 3 heteroatoms. The maximum absolute atomic E-state index is 4.57. The van der Waals surface area contributed by atoms with Crippen molar-refractivity contribution in [3.8, 4) is 22.4 Å². The summed E-state index contributed by atoms with van der Waals surface area (Å²) in [5, 5.41) is 6.04. The Bertz CT molecular complexity index is 1040. The number of hydrogen-bond donors (Lipinski definition) is 2. The number of fused-ring (bicyclic) bond motifs is 1. The van der Waals surface area contributed by atoms with Gasteiger partial charge >= 0.3 is 0 Å². The van der Waals surface area contributed by atoms with E-state index >= 15 is 0 Å². The minimum absolute atomic E-state index is 0.376. The minimum Gasteiger partial charge on any atom is -0.341 e. The normalized spacial score (nSPS) is 17.0. The Labute approximate surface area is 153 Å². The lowest BCUT2D eigenvalue weighted by atomic mass is 10.00. The van der Waals surface area contributed by atoms with Gasteiger partial charge in [-0.25, -0.2) is 4.98 Å². The third-order valence-electron chi connectivity index (χ3n) is 5.26. The Morgan fingerprint density at radius 2 is 1.58 bits per heavy atom. The highest BCUT2D eigenvalue weighted by Crippen LogP contribution is 2.28. The molecule has 0 radical (unpaired) electrons. The molecule has 1 aliphatic rings. The average molecular weight is 339 g/mol. The maximum atomic E-state index is 4.57. The molecule has 1 fully saturated rings. The van der Waals surface area contributed by atoms with Crippen LogP contribution in [-0.4, -0.2) is 16.5 Å². The first-order chi connectivity index (χ1) is 12.9. The molecule has 3 nitrogen and oxygen atoms in total. The van der Waals surface area contributed by atoms with Gasteiger partial charge in [-0.05, 0) is 52.9 Å². The van der Waals surface area contributed by atoms with E-state index in [2.05, 4.69) is 82.0 Å². The van der Waals surface area contributed by atoms with Gasteiger partial charge in [0.05, 0.1) is 17.9 Å². The lowest BCUT2D eigenvalue weighted by Crippen LogP contribution is -2.14. The van der Waals surface area contributed by atoms with E-state index in [9.17, 15) is 0 Å². The fourth-order valence-electron chi connectivity index (χ4n) is 3.79. The molecule has 0 amide bonds. The summed E-state index contributed by atoms with van der Waals surface area (Å²) in [4.78, 5) is 8.05. The molecular formula is C23H21N3. The molecule has 4 aromatic rings. The first-order valence-corrected chi connectivity index (χ1v) is 9.25. The Morgan fingerprint density at radius 1 is 0.808 bits per heavy atom. The molecule has 128 valence electrons. The summed E-state index contributed by atoms with van der Waals surface area (Å²) in [6.45, 7) is 1.08. The first kappa shape index (κ1) is 15.4. The zero-order valence-corrected chi connectivity index (χ0v) is 14.6. The van der Waals surface area contributed by atoms with Gasteiger partial charge < -0.3 is 10.3 Å². The average Bonchev–Trinajstić information content (AvgIpc) is 3.39. The third kappa shape index (κ3) is 2.80. The molecule has 2 heterocycles. The fraction of sp³-hybridized carbons (Fsp3) is 0.174. The van der Waals surface area contributed by atoms with Crippen molar-refractivity contribution < 1.29 is 0 Å². The van der Waals surface area contributed by atoms with Gasteiger partial charge in [0.25, 0.3) is 0 Å². The number of aromatic nitrogens is 2. The Morgan fingerprint density at radius 3 is 2.38 bits per heavy atom. The smallest absolute Gasteiger partial charge is 0.123 e. The van der Waals surface area contributed by atoms with E-state index in [-0.39, 0.29) is 0 Å². The molecule has 1 atom stereocenters. The van der Waals surface area contributed by atoms with Gasteiger partial charge in [0, 0.05) is 0 Å². The van der Waals surface area contributed by atoms with Gasteiger partial charge in [0.2, 0.25) is 0 Å². The zero-order valence-electron chi connectivity index (χ0n) is 14.6. The van der Waals surface area contributed by atoms with Crippen LogP contribution in [0.3, 0.4) is 0 Å². The van der Waals surface area contributed by atoms with Crippen molar-refractivity contribution in [3.63, 3.8) is 0 Å². The van der Waals surface area contributed by atoms with Crippen molar-refractivity contribution in [2.75, 3.05) is 6.54 Å². The van der Waals surface area contributed by atoms with E-state index in [1.54, 1.807) is 0 Å². The molecule has 1 aliphatic heterocycles. The van der Waals surface area contributed by atoms with Crippen molar-refractivity contribution in [3.05, 3.63) is 78.8 Å². The van der Waals surface area contributed by atoms with Crippen LogP contribution in [0.5, 0.6) is 0 Å². The van der Waals surface area contributed by atoms with Crippen molar-refractivity contribution in [1.29, 1.82) is 0 Å². The van der Waals surface area contributed by atoms with Gasteiger partial charge in [-0.15, -0.1) is 0 Å². The van der Waals surface area contributed by atoms with E-state index in [1.165, 1.54) is 33.9 Å². The summed E-state index contributed by atoms with van der Waals surface area (Å²) in [5.41, 5.74) is 4.73. The number of benzene rings is 3. The quantitative estimate of drug-likeness (QED) is 0.530. The highest BCUT2D eigenvalue weighted by molar-refractivity contribution is 5.87. The Kier molecular flexibility index (Phi) is 3.80. The topological polar surface area (TPSA) is 40.7 Å². The summed E-state index contributed by atoms with van der Waals surface area (Å²) in [6.07, 6.45) is 4.33. The van der Waals surface area contributed by atoms with Crippen LogP contribution in [0.4, 0.5) is 0 Å². The number of H-pyrrole nitrogens is 1. The molecule has 0 bridgehead atoms. The third-order valence-corrected chi connectivity index (χ3v) is 5.26. The lowest BCUT2D eigenvalue weighted by Gasteiger charge is -2.07. The van der Waals surface area contributed by atoms with Crippen molar-refractivity contribution >= 4 is 10.8 Å². The van der Waals surface area contributed by atoms with Crippen LogP contribution in [0.15, 0.2) is 72.9 Å². The van der Waals surface area contributed by atoms with Crippen LogP contribution in [0, 0.1) is 0 Å². The SMILES string of the molecule is c1ccc2cc(-c3ccc(-c4cnc(C5CCCN5)[nH]4)cc3)ccc2c1. The standard InChI is InChI=1S/C23H21N3/c1-2-5-19-14-20(12-9-16(19)4-1)17-7-10-18(11-8-17)22-15-25-23(26-22)21-6-3-13-24-21/h1-2,4-5,7-12,14-15,21,24H,3,6,13H2,(H,25,26). The number of hydrogen-bond acceptors (Lipinski definition) is 2. The number of aromatic amines is 1. The van der Waals surface area contributed by atoms with E-state index in [0.717, 1.165) is 24.5 Å². The summed E-state index contributed by atoms with van der Waals surface area (Å²) in [7, 11) is 0. The second-order valence-corrected chi connectivity index (χ2v) is 6.97. The number of nitrogens with zero attached hydrogens (tertiary/aromatic N) is 1. The Hall–Kier alpha value is -2.91. The van der Waals surface area contributed by atoms with Gasteiger partial charge in [0.1, 0.15) is 5.82 Å². The van der Waals surface area contributed by atoms with Crippen LogP contribution in [0.1, 0.15) is 24.7 Å². The largest absolute Gasteiger partial charge is 0.341 e. The molecule has 3 aromatic carbocycles. The van der Waals surface area contributed by atoms with Crippen LogP contribution in [0.25, 0.3) is 33.2 Å². The number of nitrogens with one attached hydrogen (secondary N) is 2. The van der Waals surface area contributed by atoms with Crippen molar-refractivity contribution in [2.45, 2.75) is 18.9 Å².